The summed E-state index contributed by atoms with van der Waals surface area (Å²) >= 11 is 1.53. The predicted molar refractivity (Wildman–Crippen MR) is 101 cm³/mol. The quantitative estimate of drug-likeness (QED) is 0.674. The van der Waals surface area contributed by atoms with Crippen molar-refractivity contribution in [1.29, 1.82) is 0 Å². The molecule has 0 saturated heterocycles. The van der Waals surface area contributed by atoms with E-state index in [1.54, 1.807) is 24.3 Å². The normalized spacial score (nSPS) is 10.6. The second kappa shape index (κ2) is 7.44. The number of carboxylic acid groups (broad SMARTS) is 1. The zero-order valence-corrected chi connectivity index (χ0v) is 15.0. The van der Waals surface area contributed by atoms with Crippen LogP contribution in [0.2, 0.25) is 0 Å². The second-order valence-corrected chi connectivity index (χ2v) is 7.87. The molecule has 2 N–H and O–H groups in total. The molecular weight excluding hydrogens is 370 g/mol. The van der Waals surface area contributed by atoms with Gasteiger partial charge >= 0.3 is 5.97 Å². The van der Waals surface area contributed by atoms with Crippen LogP contribution in [-0.4, -0.2) is 19.5 Å². The first kappa shape index (κ1) is 17.7. The lowest BCUT2D eigenvalue weighted by molar-refractivity contribution is 0.0696. The number of benzene rings is 2. The molecule has 1 heterocycles. The van der Waals surface area contributed by atoms with Gasteiger partial charge in [-0.25, -0.2) is 13.2 Å². The highest BCUT2D eigenvalue weighted by Gasteiger charge is 2.15. The van der Waals surface area contributed by atoms with Crippen molar-refractivity contribution < 1.29 is 18.3 Å². The molecule has 26 heavy (non-hydrogen) atoms. The molecule has 0 aliphatic rings. The minimum Gasteiger partial charge on any atom is -0.478 e. The molecule has 3 aromatic rings. The molecule has 0 unspecified atom stereocenters. The number of rotatable bonds is 4. The summed E-state index contributed by atoms with van der Waals surface area (Å²) in [6.45, 7) is 0. The summed E-state index contributed by atoms with van der Waals surface area (Å²) in [7, 11) is -3.82. The molecule has 130 valence electrons. The van der Waals surface area contributed by atoms with E-state index in [0.29, 0.717) is 11.3 Å². The number of hydrogen-bond acceptors (Lipinski definition) is 4. The Morgan fingerprint density at radius 2 is 1.77 bits per heavy atom. The first-order valence-corrected chi connectivity index (χ1v) is 9.82. The van der Waals surface area contributed by atoms with Gasteiger partial charge in [0.15, 0.2) is 0 Å². The Morgan fingerprint density at radius 3 is 2.42 bits per heavy atom. The SMILES string of the molecule is O=C(O)c1ccc(S(=O)(=O)Nc2cccc(C#Cc3cccs3)c2)cc1. The molecule has 5 nitrogen and oxygen atoms in total. The lowest BCUT2D eigenvalue weighted by Gasteiger charge is -2.08. The Bertz CT molecular complexity index is 1090. The Kier molecular flexibility index (Phi) is 5.07. The lowest BCUT2D eigenvalue weighted by atomic mass is 10.2. The highest BCUT2D eigenvalue weighted by molar-refractivity contribution is 7.92. The maximum absolute atomic E-state index is 12.4. The number of thiophene rings is 1. The molecule has 1 aromatic heterocycles. The van der Waals surface area contributed by atoms with Crippen LogP contribution in [0.3, 0.4) is 0 Å². The van der Waals surface area contributed by atoms with E-state index in [-0.39, 0.29) is 10.5 Å². The van der Waals surface area contributed by atoms with E-state index in [4.69, 9.17) is 5.11 Å². The van der Waals surface area contributed by atoms with E-state index >= 15 is 0 Å². The Balaban J connectivity index is 1.81. The highest BCUT2D eigenvalue weighted by Crippen LogP contribution is 2.18. The van der Waals surface area contributed by atoms with Gasteiger partial charge in [0.25, 0.3) is 10.0 Å². The van der Waals surface area contributed by atoms with E-state index in [1.807, 2.05) is 17.5 Å². The Hall–Kier alpha value is -3.08. The zero-order valence-electron chi connectivity index (χ0n) is 13.3. The molecule has 0 saturated carbocycles. The highest BCUT2D eigenvalue weighted by atomic mass is 32.2. The van der Waals surface area contributed by atoms with Crippen molar-refractivity contribution >= 4 is 33.0 Å². The molecule has 0 bridgehead atoms. The Labute approximate surface area is 155 Å². The van der Waals surface area contributed by atoms with Crippen LogP contribution in [-0.2, 0) is 10.0 Å². The standard InChI is InChI=1S/C19H13NO4S2/c21-19(22)15-7-10-18(11-8-15)26(23,24)20-16-4-1-3-14(13-16)6-9-17-5-2-12-25-17/h1-5,7-8,10-13,20H,(H,21,22). The van der Waals surface area contributed by atoms with Gasteiger partial charge in [0, 0.05) is 5.56 Å². The van der Waals surface area contributed by atoms with Crippen LogP contribution in [0.4, 0.5) is 5.69 Å². The summed E-state index contributed by atoms with van der Waals surface area (Å²) in [5, 5.41) is 10.8. The smallest absolute Gasteiger partial charge is 0.335 e. The van der Waals surface area contributed by atoms with E-state index < -0.39 is 16.0 Å². The molecule has 2 aromatic carbocycles. The number of carboxylic acids is 1. The third-order valence-electron chi connectivity index (χ3n) is 3.38. The summed E-state index contributed by atoms with van der Waals surface area (Å²) in [4.78, 5) is 11.8. The Morgan fingerprint density at radius 1 is 1.00 bits per heavy atom. The fourth-order valence-corrected chi connectivity index (χ4v) is 3.75. The van der Waals surface area contributed by atoms with E-state index in [2.05, 4.69) is 16.6 Å². The fourth-order valence-electron chi connectivity index (χ4n) is 2.13. The van der Waals surface area contributed by atoms with Gasteiger partial charge < -0.3 is 5.11 Å². The first-order valence-electron chi connectivity index (χ1n) is 7.46. The molecule has 0 spiro atoms. The summed E-state index contributed by atoms with van der Waals surface area (Å²) in [5.41, 5.74) is 1.08. The monoisotopic (exact) mass is 383 g/mol. The van der Waals surface area contributed by atoms with Gasteiger partial charge in [0.05, 0.1) is 21.0 Å². The van der Waals surface area contributed by atoms with Gasteiger partial charge in [-0.1, -0.05) is 24.0 Å². The fraction of sp³-hybridized carbons (Fsp3) is 0. The van der Waals surface area contributed by atoms with Gasteiger partial charge in [-0.15, -0.1) is 11.3 Å². The maximum Gasteiger partial charge on any atom is 0.335 e. The van der Waals surface area contributed by atoms with Gasteiger partial charge in [0.2, 0.25) is 0 Å². The molecule has 3 rings (SSSR count). The minimum atomic E-state index is -3.82. The van der Waals surface area contributed by atoms with Gasteiger partial charge in [0.1, 0.15) is 0 Å². The van der Waals surface area contributed by atoms with Gasteiger partial charge in [-0.3, -0.25) is 4.72 Å². The molecule has 0 fully saturated rings. The van der Waals surface area contributed by atoms with Gasteiger partial charge in [-0.05, 0) is 53.9 Å². The van der Waals surface area contributed by atoms with Crippen LogP contribution in [0.15, 0.2) is 70.9 Å². The van der Waals surface area contributed by atoms with Crippen LogP contribution in [0.5, 0.6) is 0 Å². The summed E-state index contributed by atoms with van der Waals surface area (Å²) in [5.74, 6) is 4.90. The third-order valence-corrected chi connectivity index (χ3v) is 5.56. The molecule has 0 amide bonds. The van der Waals surface area contributed by atoms with Gasteiger partial charge in [-0.2, -0.15) is 0 Å². The van der Waals surface area contributed by atoms with E-state index in [0.717, 1.165) is 4.88 Å². The van der Waals surface area contributed by atoms with Crippen LogP contribution < -0.4 is 4.72 Å². The topological polar surface area (TPSA) is 83.5 Å². The number of nitrogens with one attached hydrogen (secondary N) is 1. The lowest BCUT2D eigenvalue weighted by Crippen LogP contribution is -2.13. The molecule has 0 radical (unpaired) electrons. The number of carbonyl (C=O) groups is 1. The van der Waals surface area contributed by atoms with Crippen molar-refractivity contribution in [2.45, 2.75) is 4.90 Å². The van der Waals surface area contributed by atoms with Crippen molar-refractivity contribution in [3.63, 3.8) is 0 Å². The molecule has 0 aliphatic carbocycles. The summed E-state index contributed by atoms with van der Waals surface area (Å²) < 4.78 is 27.4. The predicted octanol–water partition coefficient (Wildman–Crippen LogP) is 3.65. The van der Waals surface area contributed by atoms with Crippen molar-refractivity contribution in [2.24, 2.45) is 0 Å². The molecule has 7 heteroatoms. The minimum absolute atomic E-state index is 0.0161. The van der Waals surface area contributed by atoms with Crippen LogP contribution in [0.25, 0.3) is 0 Å². The zero-order chi connectivity index (χ0) is 18.6. The van der Waals surface area contributed by atoms with Crippen molar-refractivity contribution in [1.82, 2.24) is 0 Å². The third kappa shape index (κ3) is 4.30. The molecule has 0 atom stereocenters. The molecule has 0 aliphatic heterocycles. The molecular formula is C19H13NO4S2. The average molecular weight is 383 g/mol. The van der Waals surface area contributed by atoms with Crippen LogP contribution >= 0.6 is 11.3 Å². The first-order chi connectivity index (χ1) is 12.4. The van der Waals surface area contributed by atoms with Crippen LogP contribution in [0, 0.1) is 11.8 Å². The largest absolute Gasteiger partial charge is 0.478 e. The van der Waals surface area contributed by atoms with Crippen molar-refractivity contribution in [3.05, 3.63) is 82.0 Å². The summed E-state index contributed by atoms with van der Waals surface area (Å²) in [6, 6.07) is 15.6. The van der Waals surface area contributed by atoms with Crippen molar-refractivity contribution in [2.75, 3.05) is 4.72 Å². The van der Waals surface area contributed by atoms with E-state index in [9.17, 15) is 13.2 Å². The second-order valence-electron chi connectivity index (χ2n) is 5.24. The number of aromatic carboxylic acids is 1. The van der Waals surface area contributed by atoms with Crippen molar-refractivity contribution in [3.8, 4) is 11.8 Å². The number of anilines is 1. The average Bonchev–Trinajstić information content (AvgIpc) is 3.13. The number of hydrogen-bond donors (Lipinski definition) is 2. The van der Waals surface area contributed by atoms with Crippen LogP contribution in [0.1, 0.15) is 20.8 Å². The maximum atomic E-state index is 12.4. The number of sulfonamides is 1. The summed E-state index contributed by atoms with van der Waals surface area (Å²) in [6.07, 6.45) is 0. The van der Waals surface area contributed by atoms with E-state index in [1.165, 1.54) is 35.6 Å².